The third-order valence-electron chi connectivity index (χ3n) is 6.65. The van der Waals surface area contributed by atoms with Crippen LogP contribution in [0.3, 0.4) is 0 Å². The smallest absolute Gasteiger partial charge is 0.257 e. The zero-order valence-electron chi connectivity index (χ0n) is 18.4. The summed E-state index contributed by atoms with van der Waals surface area (Å²) in [6, 6.07) is 6.67. The van der Waals surface area contributed by atoms with E-state index < -0.39 is 27.6 Å². The fourth-order valence-electron chi connectivity index (χ4n) is 4.58. The molecular weight excluding hydrogens is 448 g/mol. The number of carbonyl (C=O) groups excluding carboxylic acids is 1. The number of allylic oxidation sites excluding steroid dienone is 1. The van der Waals surface area contributed by atoms with Gasteiger partial charge in [-0.15, -0.1) is 0 Å². The van der Waals surface area contributed by atoms with Crippen molar-refractivity contribution in [3.05, 3.63) is 47.7 Å². The predicted molar refractivity (Wildman–Crippen MR) is 121 cm³/mol. The van der Waals surface area contributed by atoms with E-state index >= 15 is 0 Å². The Kier molecular flexibility index (Phi) is 5.42. The van der Waals surface area contributed by atoms with Gasteiger partial charge in [0.2, 0.25) is 5.92 Å². The molecule has 2 aromatic rings. The second-order valence-corrected chi connectivity index (χ2v) is 11.7. The Morgan fingerprint density at radius 2 is 1.94 bits per heavy atom. The average molecular weight is 476 g/mol. The Labute approximate surface area is 192 Å². The zero-order chi connectivity index (χ0) is 23.4. The number of carbonyl (C=O) groups is 1. The van der Waals surface area contributed by atoms with Crippen LogP contribution in [-0.4, -0.2) is 35.3 Å². The number of amides is 1. The number of alkyl halides is 2. The highest BCUT2D eigenvalue weighted by molar-refractivity contribution is 7.92. The number of nitrogens with one attached hydrogen (secondary N) is 1. The van der Waals surface area contributed by atoms with E-state index in [2.05, 4.69) is 10.4 Å². The van der Waals surface area contributed by atoms with E-state index in [-0.39, 0.29) is 29.6 Å². The molecule has 0 radical (unpaired) electrons. The van der Waals surface area contributed by atoms with Crippen molar-refractivity contribution < 1.29 is 22.0 Å². The van der Waals surface area contributed by atoms with E-state index in [9.17, 15) is 22.0 Å². The van der Waals surface area contributed by atoms with Crippen molar-refractivity contribution in [1.82, 2.24) is 9.78 Å². The monoisotopic (exact) mass is 475 g/mol. The van der Waals surface area contributed by atoms with Crippen LogP contribution in [0.5, 0.6) is 0 Å². The fraction of sp³-hybridized carbons (Fsp3) is 0.500. The van der Waals surface area contributed by atoms with Gasteiger partial charge in [0.25, 0.3) is 5.91 Å². The molecule has 1 aromatic heterocycles. The highest BCUT2D eigenvalue weighted by Gasteiger charge is 2.41. The Balaban J connectivity index is 1.53. The average Bonchev–Trinajstić information content (AvgIpc) is 3.67. The van der Waals surface area contributed by atoms with E-state index in [0.29, 0.717) is 35.5 Å². The predicted octanol–water partition coefficient (Wildman–Crippen LogP) is 4.69. The molecule has 9 heteroatoms. The molecule has 1 aromatic carbocycles. The second kappa shape index (κ2) is 8.04. The maximum absolute atomic E-state index is 13.8. The highest BCUT2D eigenvalue weighted by atomic mass is 32.2. The molecule has 0 bridgehead atoms. The second-order valence-electron chi connectivity index (χ2n) is 9.54. The normalized spacial score (nSPS) is 23.0. The number of benzene rings is 1. The molecule has 1 N–H and O–H groups in total. The number of nitrogens with zero attached hydrogens (tertiary/aromatic N) is 2. The van der Waals surface area contributed by atoms with Gasteiger partial charge in [-0.25, -0.2) is 17.2 Å². The molecule has 0 unspecified atom stereocenters. The first-order valence-corrected chi connectivity index (χ1v) is 13.0. The summed E-state index contributed by atoms with van der Waals surface area (Å²) in [4.78, 5) is 13.6. The number of aryl methyl sites for hydroxylation is 1. The molecule has 0 spiro atoms. The summed E-state index contributed by atoms with van der Waals surface area (Å²) in [5.41, 5.74) is 1.57. The Morgan fingerprint density at radius 3 is 2.52 bits per heavy atom. The van der Waals surface area contributed by atoms with E-state index in [1.807, 2.05) is 0 Å². The largest absolute Gasteiger partial charge is 0.305 e. The van der Waals surface area contributed by atoms with E-state index in [1.165, 1.54) is 0 Å². The van der Waals surface area contributed by atoms with Gasteiger partial charge in [0.15, 0.2) is 15.7 Å². The van der Waals surface area contributed by atoms with Crippen LogP contribution in [0.4, 0.5) is 14.6 Å². The Hall–Kier alpha value is -2.55. The first-order valence-electron chi connectivity index (χ1n) is 11.4. The maximum Gasteiger partial charge on any atom is 0.257 e. The van der Waals surface area contributed by atoms with Crippen LogP contribution in [-0.2, 0) is 21.7 Å². The molecule has 176 valence electrons. The van der Waals surface area contributed by atoms with Gasteiger partial charge in [0.05, 0.1) is 10.1 Å². The van der Waals surface area contributed by atoms with Gasteiger partial charge >= 0.3 is 0 Å². The number of anilines is 1. The lowest BCUT2D eigenvalue weighted by atomic mass is 9.95. The molecule has 3 saturated carbocycles. The van der Waals surface area contributed by atoms with Crippen molar-refractivity contribution in [1.29, 1.82) is 0 Å². The minimum atomic E-state index is -3.38. The molecule has 3 fully saturated rings. The van der Waals surface area contributed by atoms with Crippen molar-refractivity contribution in [2.75, 3.05) is 5.32 Å². The Morgan fingerprint density at radius 1 is 1.18 bits per heavy atom. The van der Waals surface area contributed by atoms with Crippen LogP contribution in [0.1, 0.15) is 62.0 Å². The van der Waals surface area contributed by atoms with Crippen molar-refractivity contribution in [3.8, 4) is 0 Å². The summed E-state index contributed by atoms with van der Waals surface area (Å²) in [7, 11) is -1.65. The standard InChI is InChI=1S/C24H27F2N3O3S/c1-29-11-9-22(28-29)27-23(30)20(12-15-8-10-24(25,26)14-15)17-4-7-21(19(13-17)16-2-3-16)33(31,32)18-5-6-18/h4,7,9,11-13,15-16,18H,2-3,5-6,8,10,14H2,1H3,(H,27,28,30)/b20-12+/t15-/m1/s1. The maximum atomic E-state index is 13.8. The molecule has 0 aliphatic heterocycles. The lowest BCUT2D eigenvalue weighted by molar-refractivity contribution is -0.111. The quantitative estimate of drug-likeness (QED) is 0.589. The minimum Gasteiger partial charge on any atom is -0.305 e. The molecular formula is C24H27F2N3O3S. The first kappa shape index (κ1) is 22.3. The summed E-state index contributed by atoms with van der Waals surface area (Å²) in [5.74, 6) is -3.08. The summed E-state index contributed by atoms with van der Waals surface area (Å²) in [6.45, 7) is 0. The lowest BCUT2D eigenvalue weighted by Crippen LogP contribution is -2.16. The fourth-order valence-corrected chi connectivity index (χ4v) is 6.50. The molecule has 1 amide bonds. The van der Waals surface area contributed by atoms with E-state index in [0.717, 1.165) is 18.4 Å². The Bertz CT molecular complexity index is 1230. The number of sulfone groups is 1. The molecule has 6 nitrogen and oxygen atoms in total. The van der Waals surface area contributed by atoms with Gasteiger partial charge in [-0.3, -0.25) is 9.48 Å². The molecule has 3 aliphatic rings. The summed E-state index contributed by atoms with van der Waals surface area (Å²) < 4.78 is 55.2. The van der Waals surface area contributed by atoms with Crippen LogP contribution in [0.2, 0.25) is 0 Å². The van der Waals surface area contributed by atoms with Crippen molar-refractivity contribution in [2.45, 2.75) is 66.9 Å². The van der Waals surface area contributed by atoms with Gasteiger partial charge in [-0.1, -0.05) is 12.1 Å². The molecule has 1 heterocycles. The number of aromatic nitrogens is 2. The molecule has 3 aliphatic carbocycles. The van der Waals surface area contributed by atoms with Crippen LogP contribution in [0.25, 0.3) is 5.57 Å². The van der Waals surface area contributed by atoms with Crippen LogP contribution in [0.15, 0.2) is 41.4 Å². The number of hydrogen-bond donors (Lipinski definition) is 1. The third kappa shape index (κ3) is 4.74. The van der Waals surface area contributed by atoms with Crippen molar-refractivity contribution in [2.24, 2.45) is 13.0 Å². The highest BCUT2D eigenvalue weighted by Crippen LogP contribution is 2.47. The zero-order valence-corrected chi connectivity index (χ0v) is 19.2. The van der Waals surface area contributed by atoms with Gasteiger partial charge in [-0.05, 0) is 67.2 Å². The van der Waals surface area contributed by atoms with Gasteiger partial charge < -0.3 is 5.32 Å². The summed E-state index contributed by atoms with van der Waals surface area (Å²) >= 11 is 0. The molecule has 5 rings (SSSR count). The van der Waals surface area contributed by atoms with Crippen LogP contribution < -0.4 is 5.32 Å². The van der Waals surface area contributed by atoms with Crippen LogP contribution in [0, 0.1) is 5.92 Å². The topological polar surface area (TPSA) is 81.1 Å². The number of halogens is 2. The van der Waals surface area contributed by atoms with Gasteiger partial charge in [0.1, 0.15) is 0 Å². The minimum absolute atomic E-state index is 0.157. The molecule has 0 saturated heterocycles. The summed E-state index contributed by atoms with van der Waals surface area (Å²) in [6.07, 6.45) is 6.31. The SMILES string of the molecule is Cn1ccc(NC(=O)/C(=C/[C@H]2CCC(F)(F)C2)c2ccc(S(=O)(=O)C3CC3)c(C3CC3)c2)n1. The molecule has 1 atom stereocenters. The number of rotatable bonds is 7. The molecule has 33 heavy (non-hydrogen) atoms. The van der Waals surface area contributed by atoms with Gasteiger partial charge in [-0.2, -0.15) is 5.10 Å². The van der Waals surface area contributed by atoms with Gasteiger partial charge in [0, 0.05) is 37.7 Å². The van der Waals surface area contributed by atoms with E-state index in [4.69, 9.17) is 0 Å². The third-order valence-corrected chi connectivity index (χ3v) is 8.99. The van der Waals surface area contributed by atoms with Crippen molar-refractivity contribution in [3.63, 3.8) is 0 Å². The summed E-state index contributed by atoms with van der Waals surface area (Å²) in [5, 5.41) is 6.60. The van der Waals surface area contributed by atoms with Crippen LogP contribution >= 0.6 is 0 Å². The van der Waals surface area contributed by atoms with E-state index in [1.54, 1.807) is 48.3 Å². The number of hydrogen-bond acceptors (Lipinski definition) is 4. The van der Waals surface area contributed by atoms with Crippen molar-refractivity contribution >= 4 is 27.1 Å². The first-order chi connectivity index (χ1) is 15.6. The lowest BCUT2D eigenvalue weighted by Gasteiger charge is -2.15.